The van der Waals surface area contributed by atoms with Gasteiger partial charge >= 0.3 is 0 Å². The summed E-state index contributed by atoms with van der Waals surface area (Å²) < 4.78 is 5.26. The maximum Gasteiger partial charge on any atom is 0.228 e. The number of nitrogens with zero attached hydrogens (tertiary/aromatic N) is 4. The minimum absolute atomic E-state index is 0.117. The SMILES string of the molecule is Cc1cc(CN2CCN(C(=O)C3CC(=O)N(CC(C)C)C3)CC2)on1. The number of carbonyl (C=O) groups excluding carboxylic acids is 2. The summed E-state index contributed by atoms with van der Waals surface area (Å²) in [6, 6.07) is 1.95. The third kappa shape index (κ3) is 4.39. The molecule has 0 spiro atoms. The number of piperazine rings is 1. The highest BCUT2D eigenvalue weighted by molar-refractivity contribution is 5.89. The Bertz CT molecular complexity index is 620. The molecular formula is C18H28N4O3. The fourth-order valence-electron chi connectivity index (χ4n) is 3.65. The van der Waals surface area contributed by atoms with E-state index in [1.54, 1.807) is 0 Å². The summed E-state index contributed by atoms with van der Waals surface area (Å²) in [5.41, 5.74) is 0.890. The minimum Gasteiger partial charge on any atom is -0.360 e. The van der Waals surface area contributed by atoms with Crippen molar-refractivity contribution in [2.24, 2.45) is 11.8 Å². The first-order valence-electron chi connectivity index (χ1n) is 9.13. The second kappa shape index (κ2) is 7.56. The lowest BCUT2D eigenvalue weighted by atomic mass is 10.1. The monoisotopic (exact) mass is 348 g/mol. The van der Waals surface area contributed by atoms with Gasteiger partial charge in [-0.3, -0.25) is 14.5 Å². The summed E-state index contributed by atoms with van der Waals surface area (Å²) in [7, 11) is 0. The molecule has 1 aromatic heterocycles. The van der Waals surface area contributed by atoms with Crippen LogP contribution in [-0.4, -0.2) is 70.9 Å². The Morgan fingerprint density at radius 3 is 2.64 bits per heavy atom. The van der Waals surface area contributed by atoms with Crippen molar-refractivity contribution >= 4 is 11.8 Å². The van der Waals surface area contributed by atoms with E-state index in [0.717, 1.165) is 37.6 Å². The Hall–Kier alpha value is -1.89. The van der Waals surface area contributed by atoms with Crippen LogP contribution in [0.25, 0.3) is 0 Å². The molecule has 0 N–H and O–H groups in total. The van der Waals surface area contributed by atoms with E-state index in [-0.39, 0.29) is 17.7 Å². The molecule has 0 saturated carbocycles. The second-order valence-electron chi connectivity index (χ2n) is 7.63. The van der Waals surface area contributed by atoms with Crippen LogP contribution in [0.1, 0.15) is 31.7 Å². The number of hydrogen-bond donors (Lipinski definition) is 0. The molecule has 1 atom stereocenters. The second-order valence-corrected chi connectivity index (χ2v) is 7.63. The molecule has 2 saturated heterocycles. The lowest BCUT2D eigenvalue weighted by molar-refractivity contribution is -0.137. The van der Waals surface area contributed by atoms with Crippen LogP contribution in [0.2, 0.25) is 0 Å². The highest BCUT2D eigenvalue weighted by Crippen LogP contribution is 2.22. The van der Waals surface area contributed by atoms with Crippen molar-refractivity contribution in [2.45, 2.75) is 33.7 Å². The molecule has 1 aromatic rings. The topological polar surface area (TPSA) is 69.9 Å². The minimum atomic E-state index is -0.172. The molecule has 7 heteroatoms. The summed E-state index contributed by atoms with van der Waals surface area (Å²) in [4.78, 5) is 30.9. The summed E-state index contributed by atoms with van der Waals surface area (Å²) in [5.74, 6) is 1.37. The summed E-state index contributed by atoms with van der Waals surface area (Å²) >= 11 is 0. The highest BCUT2D eigenvalue weighted by Gasteiger charge is 2.37. The average Bonchev–Trinajstić information content (AvgIpc) is 3.13. The fraction of sp³-hybridized carbons (Fsp3) is 0.722. The van der Waals surface area contributed by atoms with E-state index in [4.69, 9.17) is 4.52 Å². The number of hydrogen-bond acceptors (Lipinski definition) is 5. The van der Waals surface area contributed by atoms with Crippen molar-refractivity contribution < 1.29 is 14.1 Å². The molecule has 3 heterocycles. The van der Waals surface area contributed by atoms with E-state index >= 15 is 0 Å². The van der Waals surface area contributed by atoms with Gasteiger partial charge in [0.1, 0.15) is 0 Å². The molecule has 1 unspecified atom stereocenters. The lowest BCUT2D eigenvalue weighted by Gasteiger charge is -2.35. The van der Waals surface area contributed by atoms with Crippen molar-refractivity contribution in [3.05, 3.63) is 17.5 Å². The van der Waals surface area contributed by atoms with Gasteiger partial charge in [-0.15, -0.1) is 0 Å². The van der Waals surface area contributed by atoms with E-state index < -0.39 is 0 Å². The van der Waals surface area contributed by atoms with Crippen molar-refractivity contribution in [3.8, 4) is 0 Å². The molecule has 2 amide bonds. The molecule has 2 fully saturated rings. The van der Waals surface area contributed by atoms with E-state index in [1.807, 2.05) is 22.8 Å². The molecule has 0 aromatic carbocycles. The van der Waals surface area contributed by atoms with Crippen LogP contribution < -0.4 is 0 Å². The van der Waals surface area contributed by atoms with E-state index in [1.165, 1.54) is 0 Å². The van der Waals surface area contributed by atoms with Crippen molar-refractivity contribution in [2.75, 3.05) is 39.3 Å². The average molecular weight is 348 g/mol. The summed E-state index contributed by atoms with van der Waals surface area (Å²) in [5, 5.41) is 3.91. The van der Waals surface area contributed by atoms with Crippen LogP contribution in [0.5, 0.6) is 0 Å². The van der Waals surface area contributed by atoms with Crippen LogP contribution in [0.3, 0.4) is 0 Å². The van der Waals surface area contributed by atoms with Crippen molar-refractivity contribution in [1.82, 2.24) is 19.9 Å². The van der Waals surface area contributed by atoms with Gasteiger partial charge in [-0.25, -0.2) is 0 Å². The van der Waals surface area contributed by atoms with Crippen LogP contribution in [-0.2, 0) is 16.1 Å². The molecule has 2 aliphatic heterocycles. The maximum atomic E-state index is 12.7. The molecule has 2 aliphatic rings. The number of amides is 2. The summed E-state index contributed by atoms with van der Waals surface area (Å²) in [6.45, 7) is 11.2. The van der Waals surface area contributed by atoms with E-state index in [0.29, 0.717) is 32.0 Å². The number of aryl methyl sites for hydroxylation is 1. The van der Waals surface area contributed by atoms with Gasteiger partial charge in [-0.2, -0.15) is 0 Å². The van der Waals surface area contributed by atoms with Crippen LogP contribution in [0.15, 0.2) is 10.6 Å². The largest absolute Gasteiger partial charge is 0.360 e. The predicted molar refractivity (Wildman–Crippen MR) is 92.6 cm³/mol. The number of rotatable bonds is 5. The van der Waals surface area contributed by atoms with Gasteiger partial charge in [-0.05, 0) is 12.8 Å². The lowest BCUT2D eigenvalue weighted by Crippen LogP contribution is -2.50. The third-order valence-electron chi connectivity index (χ3n) is 4.89. The van der Waals surface area contributed by atoms with Gasteiger partial charge in [0.25, 0.3) is 0 Å². The zero-order valence-electron chi connectivity index (χ0n) is 15.4. The predicted octanol–water partition coefficient (Wildman–Crippen LogP) is 1.13. The van der Waals surface area contributed by atoms with Gasteiger partial charge < -0.3 is 14.3 Å². The quantitative estimate of drug-likeness (QED) is 0.798. The Balaban J connectivity index is 1.48. The van der Waals surface area contributed by atoms with Gasteiger partial charge in [0, 0.05) is 51.8 Å². The van der Waals surface area contributed by atoms with E-state index in [2.05, 4.69) is 23.9 Å². The van der Waals surface area contributed by atoms with Gasteiger partial charge in [0.2, 0.25) is 11.8 Å². The molecule has 138 valence electrons. The Kier molecular flexibility index (Phi) is 5.42. The smallest absolute Gasteiger partial charge is 0.228 e. The third-order valence-corrected chi connectivity index (χ3v) is 4.89. The Morgan fingerprint density at radius 1 is 1.32 bits per heavy atom. The molecule has 3 rings (SSSR count). The molecule has 0 aliphatic carbocycles. The first-order valence-corrected chi connectivity index (χ1v) is 9.13. The Labute approximate surface area is 148 Å². The number of aromatic nitrogens is 1. The van der Waals surface area contributed by atoms with E-state index in [9.17, 15) is 9.59 Å². The van der Waals surface area contributed by atoms with Gasteiger partial charge in [0.05, 0.1) is 18.2 Å². The maximum absolute atomic E-state index is 12.7. The molecule has 0 radical (unpaired) electrons. The number of likely N-dealkylation sites (tertiary alicyclic amines) is 1. The zero-order chi connectivity index (χ0) is 18.0. The normalized spacial score (nSPS) is 22.2. The molecule has 25 heavy (non-hydrogen) atoms. The van der Waals surface area contributed by atoms with Gasteiger partial charge in [0.15, 0.2) is 5.76 Å². The van der Waals surface area contributed by atoms with Crippen LogP contribution in [0.4, 0.5) is 0 Å². The van der Waals surface area contributed by atoms with Crippen molar-refractivity contribution in [1.29, 1.82) is 0 Å². The summed E-state index contributed by atoms with van der Waals surface area (Å²) in [6.07, 6.45) is 0.364. The Morgan fingerprint density at radius 2 is 2.04 bits per heavy atom. The standard InChI is InChI=1S/C18H28N4O3/c1-13(2)10-22-11-15(9-17(22)23)18(24)21-6-4-20(5-7-21)12-16-8-14(3)19-25-16/h8,13,15H,4-7,9-12H2,1-3H3. The molecule has 7 nitrogen and oxygen atoms in total. The van der Waals surface area contributed by atoms with Gasteiger partial charge in [-0.1, -0.05) is 19.0 Å². The number of carbonyl (C=O) groups is 2. The molecule has 0 bridgehead atoms. The zero-order valence-corrected chi connectivity index (χ0v) is 15.4. The van der Waals surface area contributed by atoms with Crippen molar-refractivity contribution in [3.63, 3.8) is 0 Å². The van der Waals surface area contributed by atoms with Crippen LogP contribution >= 0.6 is 0 Å². The first-order chi connectivity index (χ1) is 11.9. The highest BCUT2D eigenvalue weighted by atomic mass is 16.5. The fourth-order valence-corrected chi connectivity index (χ4v) is 3.65. The first kappa shape index (κ1) is 17.9. The van der Waals surface area contributed by atoms with Crippen LogP contribution in [0, 0.1) is 18.8 Å². The molecular weight excluding hydrogens is 320 g/mol.